The van der Waals surface area contributed by atoms with Gasteiger partial charge in [0.15, 0.2) is 0 Å². The predicted octanol–water partition coefficient (Wildman–Crippen LogP) is 3.59. The van der Waals surface area contributed by atoms with Crippen LogP contribution in [0.25, 0.3) is 10.9 Å². The largest absolute Gasteiger partial charge is 0.358 e. The van der Waals surface area contributed by atoms with Crippen LogP contribution in [-0.2, 0) is 11.3 Å². The summed E-state index contributed by atoms with van der Waals surface area (Å²) in [6.45, 7) is 9.17. The number of H-pyrrole nitrogens is 1. The molecule has 0 unspecified atom stereocenters. The smallest absolute Gasteiger partial charge is 0.227 e. The van der Waals surface area contributed by atoms with Gasteiger partial charge >= 0.3 is 0 Å². The molecule has 0 radical (unpaired) electrons. The number of nitrogens with one attached hydrogen (secondary N) is 2. The number of hydrogen-bond acceptors (Lipinski definition) is 2. The maximum atomic E-state index is 12.5. The Bertz CT molecular complexity index is 666. The van der Waals surface area contributed by atoms with E-state index in [1.54, 1.807) is 0 Å². The van der Waals surface area contributed by atoms with Crippen molar-refractivity contribution >= 4 is 29.2 Å². The van der Waals surface area contributed by atoms with Crippen molar-refractivity contribution in [2.24, 2.45) is 11.1 Å². The first-order valence-corrected chi connectivity index (χ1v) is 8.03. The van der Waals surface area contributed by atoms with Crippen molar-refractivity contribution in [3.8, 4) is 0 Å². The summed E-state index contributed by atoms with van der Waals surface area (Å²) in [5.41, 5.74) is 10.1. The van der Waals surface area contributed by atoms with Crippen LogP contribution in [0.15, 0.2) is 18.2 Å². The van der Waals surface area contributed by atoms with Crippen molar-refractivity contribution < 1.29 is 4.79 Å². The van der Waals surface area contributed by atoms with Gasteiger partial charge < -0.3 is 16.0 Å². The lowest BCUT2D eigenvalue weighted by molar-refractivity contribution is -0.131. The second kappa shape index (κ2) is 7.84. The highest BCUT2D eigenvalue weighted by molar-refractivity contribution is 5.86. The molecule has 0 aliphatic rings. The Hall–Kier alpha value is -1.52. The summed E-state index contributed by atoms with van der Waals surface area (Å²) in [5.74, 6) is 0.0575. The Morgan fingerprint density at radius 1 is 1.26 bits per heavy atom. The SMILES string of the molecule is CCC(CC)(CN)C(=O)NCc1ccc2[nH]c(C)c(C)c2c1.Cl. The van der Waals surface area contributed by atoms with Gasteiger partial charge in [0, 0.05) is 29.7 Å². The molecule has 5 heteroatoms. The molecule has 0 atom stereocenters. The number of hydrogen-bond donors (Lipinski definition) is 3. The molecule has 1 aromatic heterocycles. The molecule has 23 heavy (non-hydrogen) atoms. The fourth-order valence-corrected chi connectivity index (χ4v) is 2.94. The van der Waals surface area contributed by atoms with Crippen LogP contribution in [0.5, 0.6) is 0 Å². The van der Waals surface area contributed by atoms with E-state index in [2.05, 4.69) is 42.3 Å². The molecular weight excluding hydrogens is 310 g/mol. The van der Waals surface area contributed by atoms with Gasteiger partial charge in [-0.15, -0.1) is 12.4 Å². The highest BCUT2D eigenvalue weighted by atomic mass is 35.5. The lowest BCUT2D eigenvalue weighted by atomic mass is 9.81. The molecule has 0 saturated carbocycles. The van der Waals surface area contributed by atoms with Crippen molar-refractivity contribution in [2.45, 2.75) is 47.1 Å². The summed E-state index contributed by atoms with van der Waals surface area (Å²) in [4.78, 5) is 15.8. The maximum absolute atomic E-state index is 12.5. The van der Waals surface area contributed by atoms with E-state index in [0.717, 1.165) is 23.9 Å². The van der Waals surface area contributed by atoms with Crippen molar-refractivity contribution in [3.63, 3.8) is 0 Å². The number of halogens is 1. The molecule has 1 amide bonds. The van der Waals surface area contributed by atoms with Gasteiger partial charge in [-0.2, -0.15) is 0 Å². The van der Waals surface area contributed by atoms with Crippen LogP contribution in [-0.4, -0.2) is 17.4 Å². The molecule has 0 saturated heterocycles. The number of carbonyl (C=O) groups is 1. The molecule has 4 N–H and O–H groups in total. The van der Waals surface area contributed by atoms with Crippen LogP contribution in [0.2, 0.25) is 0 Å². The molecule has 0 aliphatic carbocycles. The summed E-state index contributed by atoms with van der Waals surface area (Å²) in [6.07, 6.45) is 1.53. The maximum Gasteiger partial charge on any atom is 0.227 e. The fraction of sp³-hybridized carbons (Fsp3) is 0.500. The number of aromatic amines is 1. The standard InChI is InChI=1S/C18H27N3O.ClH/c1-5-18(6-2,11-19)17(22)20-10-14-7-8-16-15(9-14)12(3)13(4)21-16;/h7-9,21H,5-6,10-11,19H2,1-4H3,(H,20,22);1H. The van der Waals surface area contributed by atoms with Gasteiger partial charge in [-0.25, -0.2) is 0 Å². The van der Waals surface area contributed by atoms with Gasteiger partial charge in [0.25, 0.3) is 0 Å². The lowest BCUT2D eigenvalue weighted by Gasteiger charge is -2.28. The third-order valence-electron chi connectivity index (χ3n) is 5.05. The first kappa shape index (κ1) is 19.5. The molecular formula is C18H28ClN3O. The number of rotatable bonds is 6. The van der Waals surface area contributed by atoms with Crippen LogP contribution in [0.1, 0.15) is 43.5 Å². The molecule has 0 spiro atoms. The van der Waals surface area contributed by atoms with E-state index >= 15 is 0 Å². The van der Waals surface area contributed by atoms with Crippen molar-refractivity contribution in [1.29, 1.82) is 0 Å². The van der Waals surface area contributed by atoms with E-state index in [1.807, 2.05) is 13.8 Å². The van der Waals surface area contributed by atoms with E-state index in [1.165, 1.54) is 16.6 Å². The van der Waals surface area contributed by atoms with Gasteiger partial charge in [0.05, 0.1) is 5.41 Å². The minimum Gasteiger partial charge on any atom is -0.358 e. The van der Waals surface area contributed by atoms with Gasteiger partial charge in [-0.1, -0.05) is 19.9 Å². The molecule has 0 bridgehead atoms. The Morgan fingerprint density at radius 3 is 2.48 bits per heavy atom. The van der Waals surface area contributed by atoms with E-state index in [0.29, 0.717) is 13.1 Å². The third-order valence-corrected chi connectivity index (χ3v) is 5.05. The molecule has 4 nitrogen and oxygen atoms in total. The Morgan fingerprint density at radius 2 is 1.91 bits per heavy atom. The molecule has 2 rings (SSSR count). The second-order valence-electron chi connectivity index (χ2n) is 6.13. The van der Waals surface area contributed by atoms with Crippen LogP contribution >= 0.6 is 12.4 Å². The van der Waals surface area contributed by atoms with Gasteiger partial charge in [0.2, 0.25) is 5.91 Å². The van der Waals surface area contributed by atoms with E-state index < -0.39 is 5.41 Å². The zero-order chi connectivity index (χ0) is 16.3. The average molecular weight is 338 g/mol. The van der Waals surface area contributed by atoms with Gasteiger partial charge in [0.1, 0.15) is 0 Å². The summed E-state index contributed by atoms with van der Waals surface area (Å²) in [6, 6.07) is 6.28. The highest BCUT2D eigenvalue weighted by Crippen LogP contribution is 2.26. The number of carbonyl (C=O) groups excluding carboxylic acids is 1. The zero-order valence-electron chi connectivity index (χ0n) is 14.5. The number of fused-ring (bicyclic) bond motifs is 1. The molecule has 2 aromatic rings. The van der Waals surface area contributed by atoms with Crippen LogP contribution in [0.4, 0.5) is 0 Å². The second-order valence-corrected chi connectivity index (χ2v) is 6.13. The number of amides is 1. The molecule has 1 heterocycles. The summed E-state index contributed by atoms with van der Waals surface area (Å²) < 4.78 is 0. The van der Waals surface area contributed by atoms with Crippen LogP contribution < -0.4 is 11.1 Å². The van der Waals surface area contributed by atoms with E-state index in [4.69, 9.17) is 5.73 Å². The van der Waals surface area contributed by atoms with E-state index in [-0.39, 0.29) is 18.3 Å². The fourth-order valence-electron chi connectivity index (χ4n) is 2.94. The Labute approximate surface area is 144 Å². The van der Waals surface area contributed by atoms with Gasteiger partial charge in [-0.3, -0.25) is 4.79 Å². The summed E-state index contributed by atoms with van der Waals surface area (Å²) >= 11 is 0. The van der Waals surface area contributed by atoms with Crippen molar-refractivity contribution in [2.75, 3.05) is 6.54 Å². The minimum absolute atomic E-state index is 0. The van der Waals surface area contributed by atoms with Crippen LogP contribution in [0.3, 0.4) is 0 Å². The summed E-state index contributed by atoms with van der Waals surface area (Å²) in [5, 5.41) is 4.28. The number of aromatic nitrogens is 1. The monoisotopic (exact) mass is 337 g/mol. The minimum atomic E-state index is -0.440. The predicted molar refractivity (Wildman–Crippen MR) is 98.9 cm³/mol. The first-order valence-electron chi connectivity index (χ1n) is 8.03. The lowest BCUT2D eigenvalue weighted by Crippen LogP contribution is -2.45. The summed E-state index contributed by atoms with van der Waals surface area (Å²) in [7, 11) is 0. The third kappa shape index (κ3) is 3.70. The number of nitrogens with two attached hydrogens (primary N) is 1. The number of benzene rings is 1. The quantitative estimate of drug-likeness (QED) is 0.753. The van der Waals surface area contributed by atoms with Crippen LogP contribution in [0, 0.1) is 19.3 Å². The normalized spacial score (nSPS) is 11.3. The zero-order valence-corrected chi connectivity index (χ0v) is 15.3. The van der Waals surface area contributed by atoms with E-state index in [9.17, 15) is 4.79 Å². The molecule has 0 aliphatic heterocycles. The highest BCUT2D eigenvalue weighted by Gasteiger charge is 2.32. The molecule has 128 valence electrons. The topological polar surface area (TPSA) is 70.9 Å². The van der Waals surface area contributed by atoms with Gasteiger partial charge in [-0.05, 0) is 49.9 Å². The first-order chi connectivity index (χ1) is 10.5. The Kier molecular flexibility index (Phi) is 6.66. The molecule has 0 fully saturated rings. The molecule has 1 aromatic carbocycles. The number of aryl methyl sites for hydroxylation is 2. The average Bonchev–Trinajstić information content (AvgIpc) is 2.82. The van der Waals surface area contributed by atoms with Crippen molar-refractivity contribution in [3.05, 3.63) is 35.0 Å². The Balaban J connectivity index is 0.00000264. The van der Waals surface area contributed by atoms with Crippen molar-refractivity contribution in [1.82, 2.24) is 10.3 Å².